The lowest BCUT2D eigenvalue weighted by Crippen LogP contribution is -1.97. The van der Waals surface area contributed by atoms with Crippen LogP contribution in [0.5, 0.6) is 0 Å². The van der Waals surface area contributed by atoms with Crippen molar-refractivity contribution in [3.8, 4) is 0 Å². The number of thiazole rings is 1. The zero-order chi connectivity index (χ0) is 11.0. The average molecular weight is 249 g/mol. The van der Waals surface area contributed by atoms with E-state index in [2.05, 4.69) is 27.2 Å². The fraction of sp³-hybridized carbons (Fsp3) is 0.0833. The molecule has 0 N–H and O–H groups in total. The standard InChI is InChI=1S/C12H9ClN2S/c13-10-2-1-9-3-4-15(12(9)5-10)6-11-7-16-8-14-11/h1-5,7-8H,6H2. The summed E-state index contributed by atoms with van der Waals surface area (Å²) in [5.41, 5.74) is 4.09. The number of hydrogen-bond acceptors (Lipinski definition) is 2. The van der Waals surface area contributed by atoms with Crippen molar-refractivity contribution in [2.45, 2.75) is 6.54 Å². The lowest BCUT2D eigenvalue weighted by molar-refractivity contribution is 0.814. The lowest BCUT2D eigenvalue weighted by Gasteiger charge is -2.02. The highest BCUT2D eigenvalue weighted by Gasteiger charge is 2.03. The number of hydrogen-bond donors (Lipinski definition) is 0. The number of nitrogens with zero attached hydrogens (tertiary/aromatic N) is 2. The molecule has 0 fully saturated rings. The van der Waals surface area contributed by atoms with Crippen molar-refractivity contribution in [1.29, 1.82) is 0 Å². The fourth-order valence-corrected chi connectivity index (χ4v) is 2.50. The van der Waals surface area contributed by atoms with Crippen LogP contribution in [0.2, 0.25) is 5.02 Å². The van der Waals surface area contributed by atoms with Crippen LogP contribution in [0.1, 0.15) is 5.69 Å². The summed E-state index contributed by atoms with van der Waals surface area (Å²) >= 11 is 7.62. The van der Waals surface area contributed by atoms with Crippen LogP contribution in [0.3, 0.4) is 0 Å². The van der Waals surface area contributed by atoms with Crippen molar-refractivity contribution in [3.63, 3.8) is 0 Å². The first-order valence-corrected chi connectivity index (χ1v) is 6.26. The Bertz CT molecular complexity index is 613. The summed E-state index contributed by atoms with van der Waals surface area (Å²) in [6.07, 6.45) is 2.07. The molecular formula is C12H9ClN2S. The Labute approximate surface area is 102 Å². The van der Waals surface area contributed by atoms with Gasteiger partial charge in [-0.3, -0.25) is 0 Å². The smallest absolute Gasteiger partial charge is 0.0795 e. The van der Waals surface area contributed by atoms with Gasteiger partial charge in [0.05, 0.1) is 17.7 Å². The Hall–Kier alpha value is -1.32. The maximum absolute atomic E-state index is 6.00. The molecule has 0 saturated heterocycles. The summed E-state index contributed by atoms with van der Waals surface area (Å²) in [6.45, 7) is 0.799. The van der Waals surface area contributed by atoms with Crippen LogP contribution in [0, 0.1) is 0 Å². The van der Waals surface area contributed by atoms with E-state index in [9.17, 15) is 0 Å². The van der Waals surface area contributed by atoms with Crippen molar-refractivity contribution in [3.05, 3.63) is 52.1 Å². The summed E-state index contributed by atoms with van der Waals surface area (Å²) in [5, 5.41) is 4.04. The van der Waals surface area contributed by atoms with E-state index >= 15 is 0 Å². The van der Waals surface area contributed by atoms with Gasteiger partial charge in [-0.2, -0.15) is 0 Å². The highest BCUT2D eigenvalue weighted by atomic mass is 35.5. The molecule has 2 nitrogen and oxygen atoms in total. The van der Waals surface area contributed by atoms with Gasteiger partial charge >= 0.3 is 0 Å². The third-order valence-corrected chi connectivity index (χ3v) is 3.42. The van der Waals surface area contributed by atoms with Crippen LogP contribution in [0.25, 0.3) is 10.9 Å². The molecule has 80 valence electrons. The summed E-state index contributed by atoms with van der Waals surface area (Å²) in [5.74, 6) is 0. The molecule has 0 bridgehead atoms. The summed E-state index contributed by atoms with van der Waals surface area (Å²) in [4.78, 5) is 4.29. The van der Waals surface area contributed by atoms with E-state index in [1.165, 1.54) is 5.39 Å². The first kappa shape index (κ1) is 9.87. The highest BCUT2D eigenvalue weighted by molar-refractivity contribution is 7.07. The Morgan fingerprint density at radius 2 is 2.25 bits per heavy atom. The van der Waals surface area contributed by atoms with Gasteiger partial charge in [0, 0.05) is 22.1 Å². The lowest BCUT2D eigenvalue weighted by atomic mass is 10.2. The van der Waals surface area contributed by atoms with Crippen LogP contribution in [0.15, 0.2) is 41.4 Å². The third kappa shape index (κ3) is 1.72. The molecule has 0 aliphatic rings. The molecular weight excluding hydrogens is 240 g/mol. The Kier molecular flexibility index (Phi) is 2.42. The molecule has 16 heavy (non-hydrogen) atoms. The molecule has 3 rings (SSSR count). The first-order chi connectivity index (χ1) is 7.83. The van der Waals surface area contributed by atoms with Crippen molar-refractivity contribution >= 4 is 33.8 Å². The maximum Gasteiger partial charge on any atom is 0.0795 e. The number of rotatable bonds is 2. The molecule has 0 saturated carbocycles. The van der Waals surface area contributed by atoms with Gasteiger partial charge < -0.3 is 4.57 Å². The molecule has 0 aliphatic carbocycles. The van der Waals surface area contributed by atoms with E-state index in [4.69, 9.17) is 11.6 Å². The van der Waals surface area contributed by atoms with Gasteiger partial charge in [0.1, 0.15) is 0 Å². The van der Waals surface area contributed by atoms with E-state index in [0.717, 1.165) is 22.8 Å². The summed E-state index contributed by atoms with van der Waals surface area (Å²) < 4.78 is 2.16. The van der Waals surface area contributed by atoms with Gasteiger partial charge in [-0.1, -0.05) is 17.7 Å². The zero-order valence-corrected chi connectivity index (χ0v) is 10.0. The minimum atomic E-state index is 0.769. The van der Waals surface area contributed by atoms with Gasteiger partial charge in [-0.25, -0.2) is 4.98 Å². The highest BCUT2D eigenvalue weighted by Crippen LogP contribution is 2.21. The normalized spacial score (nSPS) is 11.1. The van der Waals surface area contributed by atoms with Crippen LogP contribution in [0.4, 0.5) is 0 Å². The maximum atomic E-state index is 6.00. The Morgan fingerprint density at radius 3 is 3.06 bits per heavy atom. The van der Waals surface area contributed by atoms with Crippen molar-refractivity contribution < 1.29 is 0 Å². The third-order valence-electron chi connectivity index (χ3n) is 2.55. The molecule has 3 aromatic rings. The van der Waals surface area contributed by atoms with Crippen LogP contribution in [-0.2, 0) is 6.54 Å². The van der Waals surface area contributed by atoms with Crippen LogP contribution >= 0.6 is 22.9 Å². The van der Waals surface area contributed by atoms with Gasteiger partial charge in [0.25, 0.3) is 0 Å². The van der Waals surface area contributed by atoms with Gasteiger partial charge in [0.2, 0.25) is 0 Å². The topological polar surface area (TPSA) is 17.8 Å². The van der Waals surface area contributed by atoms with Crippen molar-refractivity contribution in [1.82, 2.24) is 9.55 Å². The van der Waals surface area contributed by atoms with E-state index in [0.29, 0.717) is 0 Å². The molecule has 0 aliphatic heterocycles. The molecule has 4 heteroatoms. The second-order valence-corrected chi connectivity index (χ2v) is 4.78. The number of fused-ring (bicyclic) bond motifs is 1. The largest absolute Gasteiger partial charge is 0.341 e. The predicted octanol–water partition coefficient (Wildman–Crippen LogP) is 3.80. The van der Waals surface area contributed by atoms with E-state index in [1.54, 1.807) is 11.3 Å². The molecule has 0 amide bonds. The molecule has 0 atom stereocenters. The molecule has 2 heterocycles. The first-order valence-electron chi connectivity index (χ1n) is 4.94. The average Bonchev–Trinajstić information content (AvgIpc) is 2.90. The zero-order valence-electron chi connectivity index (χ0n) is 8.43. The quantitative estimate of drug-likeness (QED) is 0.675. The van der Waals surface area contributed by atoms with Gasteiger partial charge in [-0.05, 0) is 23.6 Å². The molecule has 1 aromatic carbocycles. The van der Waals surface area contributed by atoms with E-state index < -0.39 is 0 Å². The fourth-order valence-electron chi connectivity index (χ4n) is 1.79. The second kappa shape index (κ2) is 3.92. The minimum absolute atomic E-state index is 0.769. The second-order valence-electron chi connectivity index (χ2n) is 3.63. The monoisotopic (exact) mass is 248 g/mol. The summed E-state index contributed by atoms with van der Waals surface area (Å²) in [6, 6.07) is 8.04. The predicted molar refractivity (Wildman–Crippen MR) is 68.2 cm³/mol. The number of aromatic nitrogens is 2. The molecule has 0 unspecified atom stereocenters. The Morgan fingerprint density at radius 1 is 1.31 bits per heavy atom. The van der Waals surface area contributed by atoms with E-state index in [1.807, 2.05) is 23.7 Å². The molecule has 0 radical (unpaired) electrons. The van der Waals surface area contributed by atoms with Crippen molar-refractivity contribution in [2.75, 3.05) is 0 Å². The number of halogens is 1. The van der Waals surface area contributed by atoms with Crippen molar-refractivity contribution in [2.24, 2.45) is 0 Å². The van der Waals surface area contributed by atoms with Crippen LogP contribution < -0.4 is 0 Å². The molecule has 2 aromatic heterocycles. The SMILES string of the molecule is Clc1ccc2ccn(Cc3cscn3)c2c1. The number of benzene rings is 1. The van der Waals surface area contributed by atoms with E-state index in [-0.39, 0.29) is 0 Å². The minimum Gasteiger partial charge on any atom is -0.341 e. The van der Waals surface area contributed by atoms with Crippen LogP contribution in [-0.4, -0.2) is 9.55 Å². The Balaban J connectivity index is 2.07. The van der Waals surface area contributed by atoms with Gasteiger partial charge in [-0.15, -0.1) is 11.3 Å². The molecule has 0 spiro atoms. The van der Waals surface area contributed by atoms with Gasteiger partial charge in [0.15, 0.2) is 0 Å². The summed E-state index contributed by atoms with van der Waals surface area (Å²) in [7, 11) is 0.